The Bertz CT molecular complexity index is 835. The van der Waals surface area contributed by atoms with Crippen LogP contribution in [0.4, 0.5) is 0 Å². The van der Waals surface area contributed by atoms with Crippen molar-refractivity contribution >= 4 is 29.3 Å². The Labute approximate surface area is 155 Å². The number of rotatable bonds is 7. The van der Waals surface area contributed by atoms with Crippen LogP contribution in [0, 0.1) is 0 Å². The number of aromatic nitrogens is 1. The highest BCUT2D eigenvalue weighted by atomic mass is 35.5. The lowest BCUT2D eigenvalue weighted by Crippen LogP contribution is -2.05. The zero-order valence-corrected chi connectivity index (χ0v) is 14.9. The molecule has 1 heterocycles. The minimum Gasteiger partial charge on any atom is -0.456 e. The van der Waals surface area contributed by atoms with Gasteiger partial charge in [0.15, 0.2) is 12.4 Å². The highest BCUT2D eigenvalue weighted by molar-refractivity contribution is 7.99. The number of hydrogen-bond acceptors (Lipinski definition) is 5. The van der Waals surface area contributed by atoms with Crippen LogP contribution >= 0.6 is 23.4 Å². The molecule has 0 fully saturated rings. The Morgan fingerprint density at radius 3 is 2.68 bits per heavy atom. The summed E-state index contributed by atoms with van der Waals surface area (Å²) < 4.78 is 10.8. The number of ether oxygens (including phenoxy) is 1. The van der Waals surface area contributed by atoms with Crippen molar-refractivity contribution in [2.24, 2.45) is 0 Å². The van der Waals surface area contributed by atoms with E-state index in [0.29, 0.717) is 28.8 Å². The lowest BCUT2D eigenvalue weighted by atomic mass is 10.2. The van der Waals surface area contributed by atoms with Crippen LogP contribution in [0.5, 0.6) is 0 Å². The lowest BCUT2D eigenvalue weighted by molar-refractivity contribution is -0.145. The van der Waals surface area contributed by atoms with Crippen molar-refractivity contribution < 1.29 is 13.9 Å². The Hall–Kier alpha value is -2.24. The zero-order chi connectivity index (χ0) is 17.5. The Balaban J connectivity index is 1.44. The van der Waals surface area contributed by atoms with E-state index in [2.05, 4.69) is 4.98 Å². The number of carbonyl (C=O) groups excluding carboxylic acids is 1. The Morgan fingerprint density at radius 2 is 1.88 bits per heavy atom. The van der Waals surface area contributed by atoms with Crippen LogP contribution in [-0.4, -0.2) is 16.7 Å². The average molecular weight is 374 g/mol. The molecule has 0 atom stereocenters. The number of carbonyl (C=O) groups is 1. The van der Waals surface area contributed by atoms with Gasteiger partial charge in [-0.05, 0) is 12.1 Å². The monoisotopic (exact) mass is 373 g/mol. The molecule has 25 heavy (non-hydrogen) atoms. The number of oxazole rings is 1. The minimum absolute atomic E-state index is 0.0302. The fourth-order valence-corrected chi connectivity index (χ4v) is 3.30. The van der Waals surface area contributed by atoms with Crippen molar-refractivity contribution in [3.05, 3.63) is 71.7 Å². The third-order valence-corrected chi connectivity index (χ3v) is 4.89. The van der Waals surface area contributed by atoms with E-state index in [1.165, 1.54) is 11.8 Å². The van der Waals surface area contributed by atoms with Gasteiger partial charge in [-0.3, -0.25) is 4.79 Å². The summed E-state index contributed by atoms with van der Waals surface area (Å²) in [5, 5.41) is 0.689. The SMILES string of the molecule is O=C(CCSc1ccccc1Cl)OCc1ncc(-c2ccccc2)o1. The maximum absolute atomic E-state index is 11.8. The van der Waals surface area contributed by atoms with Gasteiger partial charge in [-0.25, -0.2) is 4.98 Å². The van der Waals surface area contributed by atoms with E-state index >= 15 is 0 Å². The zero-order valence-electron chi connectivity index (χ0n) is 13.4. The first-order chi connectivity index (χ1) is 12.2. The van der Waals surface area contributed by atoms with Gasteiger partial charge in [0.1, 0.15) is 0 Å². The summed E-state index contributed by atoms with van der Waals surface area (Å²) in [7, 11) is 0. The highest BCUT2D eigenvalue weighted by Crippen LogP contribution is 2.27. The molecule has 0 aliphatic heterocycles. The summed E-state index contributed by atoms with van der Waals surface area (Å²) in [6.45, 7) is 0.0302. The summed E-state index contributed by atoms with van der Waals surface area (Å²) in [5.41, 5.74) is 0.934. The second kappa shape index (κ2) is 8.74. The van der Waals surface area contributed by atoms with Crippen LogP contribution in [-0.2, 0) is 16.1 Å². The van der Waals surface area contributed by atoms with Crippen LogP contribution in [0.1, 0.15) is 12.3 Å². The molecule has 3 aromatic rings. The first-order valence-corrected chi connectivity index (χ1v) is 9.12. The molecule has 0 aliphatic carbocycles. The van der Waals surface area contributed by atoms with E-state index in [1.807, 2.05) is 54.6 Å². The predicted molar refractivity (Wildman–Crippen MR) is 98.5 cm³/mol. The molecular weight excluding hydrogens is 358 g/mol. The van der Waals surface area contributed by atoms with Crippen molar-refractivity contribution in [1.82, 2.24) is 4.98 Å². The van der Waals surface area contributed by atoms with Crippen molar-refractivity contribution in [2.75, 3.05) is 5.75 Å². The second-order valence-corrected chi connectivity index (χ2v) is 6.72. The van der Waals surface area contributed by atoms with Crippen molar-refractivity contribution in [3.63, 3.8) is 0 Å². The smallest absolute Gasteiger partial charge is 0.307 e. The van der Waals surface area contributed by atoms with Crippen molar-refractivity contribution in [1.29, 1.82) is 0 Å². The van der Waals surface area contributed by atoms with Gasteiger partial charge in [-0.2, -0.15) is 0 Å². The molecule has 3 rings (SSSR count). The summed E-state index contributed by atoms with van der Waals surface area (Å²) in [4.78, 5) is 16.9. The summed E-state index contributed by atoms with van der Waals surface area (Å²) in [6.07, 6.45) is 1.92. The molecule has 0 unspecified atom stereocenters. The maximum atomic E-state index is 11.8. The Morgan fingerprint density at radius 1 is 1.12 bits per heavy atom. The number of thioether (sulfide) groups is 1. The molecule has 0 radical (unpaired) electrons. The van der Waals surface area contributed by atoms with E-state index in [4.69, 9.17) is 20.8 Å². The lowest BCUT2D eigenvalue weighted by Gasteiger charge is -2.04. The van der Waals surface area contributed by atoms with Crippen LogP contribution in [0.3, 0.4) is 0 Å². The van der Waals surface area contributed by atoms with E-state index in [9.17, 15) is 4.79 Å². The van der Waals surface area contributed by atoms with Gasteiger partial charge in [0.25, 0.3) is 0 Å². The molecule has 0 saturated heterocycles. The molecule has 2 aromatic carbocycles. The van der Waals surface area contributed by atoms with Crippen molar-refractivity contribution in [3.8, 4) is 11.3 Å². The summed E-state index contributed by atoms with van der Waals surface area (Å²) in [6, 6.07) is 17.2. The highest BCUT2D eigenvalue weighted by Gasteiger charge is 2.10. The number of hydrogen-bond donors (Lipinski definition) is 0. The van der Waals surface area contributed by atoms with E-state index < -0.39 is 0 Å². The minimum atomic E-state index is -0.293. The second-order valence-electron chi connectivity index (χ2n) is 5.17. The molecule has 0 spiro atoms. The van der Waals surface area contributed by atoms with Gasteiger partial charge in [0, 0.05) is 16.2 Å². The average Bonchev–Trinajstić information content (AvgIpc) is 3.11. The molecule has 128 valence electrons. The maximum Gasteiger partial charge on any atom is 0.307 e. The quantitative estimate of drug-likeness (QED) is 0.419. The predicted octanol–water partition coefficient (Wildman–Crippen LogP) is 5.22. The topological polar surface area (TPSA) is 52.3 Å². The molecule has 1 aromatic heterocycles. The molecule has 4 nitrogen and oxygen atoms in total. The normalized spacial score (nSPS) is 10.6. The van der Waals surface area contributed by atoms with Gasteiger partial charge < -0.3 is 9.15 Å². The van der Waals surface area contributed by atoms with Crippen LogP contribution in [0.2, 0.25) is 5.02 Å². The molecule has 0 amide bonds. The molecule has 0 N–H and O–H groups in total. The molecular formula is C19H16ClNO3S. The standard InChI is InChI=1S/C19H16ClNO3S/c20-15-8-4-5-9-17(15)25-11-10-19(22)23-13-18-21-12-16(24-18)14-6-2-1-3-7-14/h1-9,12H,10-11,13H2. The molecule has 0 bridgehead atoms. The largest absolute Gasteiger partial charge is 0.456 e. The first-order valence-electron chi connectivity index (χ1n) is 7.75. The third kappa shape index (κ3) is 5.11. The van der Waals surface area contributed by atoms with Crippen LogP contribution < -0.4 is 0 Å². The van der Waals surface area contributed by atoms with Gasteiger partial charge in [-0.1, -0.05) is 54.1 Å². The summed E-state index contributed by atoms with van der Waals surface area (Å²) in [5.74, 6) is 1.34. The fraction of sp³-hybridized carbons (Fsp3) is 0.158. The fourth-order valence-electron chi connectivity index (χ4n) is 2.13. The van der Waals surface area contributed by atoms with E-state index in [1.54, 1.807) is 6.20 Å². The number of benzene rings is 2. The molecule has 6 heteroatoms. The third-order valence-electron chi connectivity index (χ3n) is 3.37. The van der Waals surface area contributed by atoms with Gasteiger partial charge >= 0.3 is 5.97 Å². The van der Waals surface area contributed by atoms with E-state index in [-0.39, 0.29) is 12.6 Å². The van der Waals surface area contributed by atoms with Crippen LogP contribution in [0.15, 0.2) is 70.1 Å². The summed E-state index contributed by atoms with van der Waals surface area (Å²) >= 11 is 7.60. The molecule has 0 saturated carbocycles. The number of nitrogens with zero attached hydrogens (tertiary/aromatic N) is 1. The number of esters is 1. The van der Waals surface area contributed by atoms with Crippen LogP contribution in [0.25, 0.3) is 11.3 Å². The number of halogens is 1. The van der Waals surface area contributed by atoms with Gasteiger partial charge in [-0.15, -0.1) is 11.8 Å². The van der Waals surface area contributed by atoms with E-state index in [0.717, 1.165) is 10.5 Å². The Kier molecular flexibility index (Phi) is 6.14. The van der Waals surface area contributed by atoms with Crippen molar-refractivity contribution in [2.45, 2.75) is 17.9 Å². The van der Waals surface area contributed by atoms with Gasteiger partial charge in [0.05, 0.1) is 17.6 Å². The first kappa shape index (κ1) is 17.6. The van der Waals surface area contributed by atoms with Gasteiger partial charge in [0.2, 0.25) is 5.89 Å². The molecule has 0 aliphatic rings.